The quantitative estimate of drug-likeness (QED) is 0.447. The van der Waals surface area contributed by atoms with Gasteiger partial charge in [-0.1, -0.05) is 48.0 Å². The lowest BCUT2D eigenvalue weighted by Gasteiger charge is -2.36. The number of carbonyl (C=O) groups is 1. The average Bonchev–Trinajstić information content (AvgIpc) is 3.23. The highest BCUT2D eigenvalue weighted by Gasteiger charge is 2.22. The summed E-state index contributed by atoms with van der Waals surface area (Å²) >= 11 is 0. The largest absolute Gasteiger partial charge is 0.368 e. The van der Waals surface area contributed by atoms with Gasteiger partial charge in [-0.05, 0) is 60.7 Å². The third kappa shape index (κ3) is 4.01. The summed E-state index contributed by atoms with van der Waals surface area (Å²) in [6, 6.07) is 25.3. The Morgan fingerprint density at radius 1 is 0.844 bits per heavy atom. The highest BCUT2D eigenvalue weighted by molar-refractivity contribution is 5.94. The molecule has 2 heterocycles. The fourth-order valence-corrected chi connectivity index (χ4v) is 4.69. The summed E-state index contributed by atoms with van der Waals surface area (Å²) in [6.07, 6.45) is 2.14. The van der Waals surface area contributed by atoms with Crippen molar-refractivity contribution in [3.63, 3.8) is 0 Å². The third-order valence-electron chi connectivity index (χ3n) is 6.48. The van der Waals surface area contributed by atoms with Crippen molar-refractivity contribution in [3.05, 3.63) is 101 Å². The number of aryl methyl sites for hydroxylation is 2. The zero-order valence-electron chi connectivity index (χ0n) is 18.8. The molecule has 4 nitrogen and oxygen atoms in total. The van der Waals surface area contributed by atoms with Crippen molar-refractivity contribution < 1.29 is 4.79 Å². The van der Waals surface area contributed by atoms with Crippen LogP contribution in [0.3, 0.4) is 0 Å². The molecule has 1 aliphatic heterocycles. The minimum atomic E-state index is 0.129. The lowest BCUT2D eigenvalue weighted by Crippen LogP contribution is -2.48. The predicted molar refractivity (Wildman–Crippen MR) is 132 cm³/mol. The Hall–Kier alpha value is -3.53. The van der Waals surface area contributed by atoms with E-state index in [-0.39, 0.29) is 5.91 Å². The number of anilines is 1. The molecule has 0 N–H and O–H groups in total. The van der Waals surface area contributed by atoms with Crippen molar-refractivity contribution >= 4 is 22.5 Å². The fourth-order valence-electron chi connectivity index (χ4n) is 4.69. The minimum Gasteiger partial charge on any atom is -0.368 e. The smallest absolute Gasteiger partial charge is 0.253 e. The van der Waals surface area contributed by atoms with Crippen LogP contribution in [0.1, 0.15) is 27.0 Å². The van der Waals surface area contributed by atoms with Crippen molar-refractivity contribution in [1.82, 2.24) is 9.47 Å². The molecule has 0 unspecified atom stereocenters. The maximum absolute atomic E-state index is 13.2. The minimum absolute atomic E-state index is 0.129. The SMILES string of the molecule is Cc1ccc(N2CCN(C(=O)c3cccc(Cn4ccc5cccc(C)c54)c3)CC2)cc1. The number of piperazine rings is 1. The Morgan fingerprint density at radius 3 is 2.38 bits per heavy atom. The van der Waals surface area contributed by atoms with Crippen molar-refractivity contribution in [2.75, 3.05) is 31.1 Å². The van der Waals surface area contributed by atoms with Gasteiger partial charge < -0.3 is 14.4 Å². The average molecular weight is 424 g/mol. The molecule has 0 saturated carbocycles. The van der Waals surface area contributed by atoms with Gasteiger partial charge in [-0.25, -0.2) is 0 Å². The van der Waals surface area contributed by atoms with Crippen LogP contribution < -0.4 is 4.90 Å². The topological polar surface area (TPSA) is 28.5 Å². The van der Waals surface area contributed by atoms with Crippen molar-refractivity contribution in [2.45, 2.75) is 20.4 Å². The molecule has 4 aromatic rings. The second kappa shape index (κ2) is 8.54. The van der Waals surface area contributed by atoms with Crippen LogP contribution in [0.5, 0.6) is 0 Å². The number of nitrogens with zero attached hydrogens (tertiary/aromatic N) is 3. The Labute approximate surface area is 189 Å². The van der Waals surface area contributed by atoms with Crippen LogP contribution >= 0.6 is 0 Å². The van der Waals surface area contributed by atoms with Gasteiger partial charge in [-0.2, -0.15) is 0 Å². The molecule has 1 aromatic heterocycles. The Morgan fingerprint density at radius 2 is 1.59 bits per heavy atom. The van der Waals surface area contributed by atoms with E-state index < -0.39 is 0 Å². The molecule has 1 saturated heterocycles. The molecule has 0 atom stereocenters. The van der Waals surface area contributed by atoms with Crippen LogP contribution in [0.15, 0.2) is 79.0 Å². The van der Waals surface area contributed by atoms with Crippen LogP contribution in [0.2, 0.25) is 0 Å². The maximum atomic E-state index is 13.2. The third-order valence-corrected chi connectivity index (χ3v) is 6.48. The van der Waals surface area contributed by atoms with E-state index in [1.807, 2.05) is 17.0 Å². The molecule has 5 rings (SSSR count). The van der Waals surface area contributed by atoms with E-state index in [0.29, 0.717) is 0 Å². The van der Waals surface area contributed by atoms with Gasteiger partial charge in [0.25, 0.3) is 5.91 Å². The zero-order valence-corrected chi connectivity index (χ0v) is 18.8. The lowest BCUT2D eigenvalue weighted by molar-refractivity contribution is 0.0746. The number of aromatic nitrogens is 1. The van der Waals surface area contributed by atoms with Gasteiger partial charge in [0.1, 0.15) is 0 Å². The first-order valence-corrected chi connectivity index (χ1v) is 11.3. The van der Waals surface area contributed by atoms with Crippen LogP contribution in [-0.2, 0) is 6.54 Å². The molecule has 0 aliphatic carbocycles. The molecule has 1 fully saturated rings. The van der Waals surface area contributed by atoms with Crippen LogP contribution in [0.25, 0.3) is 10.9 Å². The van der Waals surface area contributed by atoms with E-state index in [9.17, 15) is 4.79 Å². The number of rotatable bonds is 4. The predicted octanol–water partition coefficient (Wildman–Crippen LogP) is 5.27. The summed E-state index contributed by atoms with van der Waals surface area (Å²) in [4.78, 5) is 17.6. The van der Waals surface area contributed by atoms with Gasteiger partial charge in [0.2, 0.25) is 0 Å². The monoisotopic (exact) mass is 423 g/mol. The lowest BCUT2D eigenvalue weighted by atomic mass is 10.1. The van der Waals surface area contributed by atoms with Crippen molar-refractivity contribution in [3.8, 4) is 0 Å². The molecule has 3 aromatic carbocycles. The number of benzene rings is 3. The van der Waals surface area contributed by atoms with E-state index in [2.05, 4.69) is 90.2 Å². The highest BCUT2D eigenvalue weighted by atomic mass is 16.2. The fraction of sp³-hybridized carbons (Fsp3) is 0.250. The normalized spacial score (nSPS) is 14.2. The molecule has 0 bridgehead atoms. The molecule has 162 valence electrons. The number of para-hydroxylation sites is 1. The summed E-state index contributed by atoms with van der Waals surface area (Å²) in [5, 5.41) is 1.25. The van der Waals surface area contributed by atoms with Crippen LogP contribution in [0, 0.1) is 13.8 Å². The van der Waals surface area contributed by atoms with Gasteiger partial charge >= 0.3 is 0 Å². The van der Waals surface area contributed by atoms with Crippen molar-refractivity contribution in [2.24, 2.45) is 0 Å². The van der Waals surface area contributed by atoms with E-state index in [0.717, 1.165) is 43.9 Å². The van der Waals surface area contributed by atoms with Crippen LogP contribution in [0.4, 0.5) is 5.69 Å². The maximum Gasteiger partial charge on any atom is 0.253 e. The number of carbonyl (C=O) groups excluding carboxylic acids is 1. The first-order chi connectivity index (χ1) is 15.6. The van der Waals surface area contributed by atoms with Gasteiger partial charge in [0.05, 0.1) is 5.52 Å². The number of hydrogen-bond acceptors (Lipinski definition) is 2. The van der Waals surface area contributed by atoms with E-state index in [1.54, 1.807) is 0 Å². The number of hydrogen-bond donors (Lipinski definition) is 0. The molecule has 0 spiro atoms. The first-order valence-electron chi connectivity index (χ1n) is 11.3. The molecule has 1 aliphatic rings. The van der Waals surface area contributed by atoms with Gasteiger partial charge in [0, 0.05) is 50.2 Å². The summed E-state index contributed by atoms with van der Waals surface area (Å²) < 4.78 is 2.27. The zero-order chi connectivity index (χ0) is 22.1. The van der Waals surface area contributed by atoms with Crippen LogP contribution in [-0.4, -0.2) is 41.6 Å². The Balaban J connectivity index is 1.28. The number of amides is 1. The summed E-state index contributed by atoms with van der Waals surface area (Å²) in [7, 11) is 0. The van der Waals surface area contributed by atoms with E-state index >= 15 is 0 Å². The second-order valence-electron chi connectivity index (χ2n) is 8.77. The summed E-state index contributed by atoms with van der Waals surface area (Å²) in [5.74, 6) is 0.129. The molecule has 1 amide bonds. The standard InChI is InChI=1S/C28H29N3O/c1-21-9-11-26(12-10-21)29-15-17-30(18-16-29)28(32)25-8-4-6-23(19-25)20-31-14-13-24-7-3-5-22(2)27(24)31/h3-14,19H,15-18,20H2,1-2H3. The van der Waals surface area contributed by atoms with Gasteiger partial charge in [0.15, 0.2) is 0 Å². The van der Waals surface area contributed by atoms with Crippen molar-refractivity contribution in [1.29, 1.82) is 0 Å². The molecule has 32 heavy (non-hydrogen) atoms. The summed E-state index contributed by atoms with van der Waals surface area (Å²) in [5.41, 5.74) is 6.96. The van der Waals surface area contributed by atoms with Gasteiger partial charge in [-0.3, -0.25) is 4.79 Å². The second-order valence-corrected chi connectivity index (χ2v) is 8.77. The van der Waals surface area contributed by atoms with Gasteiger partial charge in [-0.15, -0.1) is 0 Å². The van der Waals surface area contributed by atoms with E-state index in [1.165, 1.54) is 27.7 Å². The molecule has 0 radical (unpaired) electrons. The van der Waals surface area contributed by atoms with E-state index in [4.69, 9.17) is 0 Å². The first kappa shape index (κ1) is 20.4. The number of fused-ring (bicyclic) bond motifs is 1. The molecular weight excluding hydrogens is 394 g/mol. The Kier molecular flexibility index (Phi) is 5.44. The molecular formula is C28H29N3O. The Bertz CT molecular complexity index is 1250. The highest BCUT2D eigenvalue weighted by Crippen LogP contribution is 2.22. The molecule has 4 heteroatoms. The summed E-state index contributed by atoms with van der Waals surface area (Å²) in [6.45, 7) is 8.24.